The minimum Gasteiger partial charge on any atom is -0.306 e. The van der Waals surface area contributed by atoms with E-state index in [1.807, 2.05) is 17.9 Å². The molecule has 4 nitrogen and oxygen atoms in total. The highest BCUT2D eigenvalue weighted by molar-refractivity contribution is 7.84. The highest BCUT2D eigenvalue weighted by atomic mass is 32.2. The molecule has 1 heterocycles. The van der Waals surface area contributed by atoms with Crippen molar-refractivity contribution in [1.82, 2.24) is 15.1 Å². The third-order valence-corrected chi connectivity index (χ3v) is 4.32. The maximum atomic E-state index is 11.2. The van der Waals surface area contributed by atoms with Crippen LogP contribution in [0.3, 0.4) is 0 Å². The predicted octanol–water partition coefficient (Wildman–Crippen LogP) is 1.15. The maximum Gasteiger partial charge on any atom is 0.0540 e. The lowest BCUT2D eigenvalue weighted by Crippen LogP contribution is -2.36. The van der Waals surface area contributed by atoms with Crippen LogP contribution >= 0.6 is 0 Å². The molecular weight excluding hydrogens is 234 g/mol. The Kier molecular flexibility index (Phi) is 3.99. The smallest absolute Gasteiger partial charge is 0.0540 e. The van der Waals surface area contributed by atoms with Crippen molar-refractivity contribution in [3.63, 3.8) is 0 Å². The van der Waals surface area contributed by atoms with E-state index in [-0.39, 0.29) is 6.04 Å². The molecule has 1 aliphatic carbocycles. The van der Waals surface area contributed by atoms with Crippen molar-refractivity contribution in [3.8, 4) is 0 Å². The molecule has 0 saturated carbocycles. The van der Waals surface area contributed by atoms with Gasteiger partial charge in [-0.15, -0.1) is 0 Å². The predicted molar refractivity (Wildman–Crippen MR) is 70.4 cm³/mol. The Morgan fingerprint density at radius 1 is 1.71 bits per heavy atom. The highest BCUT2D eigenvalue weighted by Crippen LogP contribution is 2.29. The Morgan fingerprint density at radius 2 is 2.47 bits per heavy atom. The van der Waals surface area contributed by atoms with Crippen molar-refractivity contribution >= 4 is 10.8 Å². The summed E-state index contributed by atoms with van der Waals surface area (Å²) < 4.78 is 13.2. The molecule has 5 heteroatoms. The van der Waals surface area contributed by atoms with Gasteiger partial charge in [-0.05, 0) is 26.2 Å². The summed E-state index contributed by atoms with van der Waals surface area (Å²) in [6.07, 6.45) is 7.21. The molecule has 0 fully saturated rings. The number of aromatic nitrogens is 2. The number of hydrogen-bond acceptors (Lipinski definition) is 3. The fraction of sp³-hybridized carbons (Fsp3) is 0.750. The van der Waals surface area contributed by atoms with Gasteiger partial charge >= 0.3 is 0 Å². The van der Waals surface area contributed by atoms with Crippen LogP contribution in [-0.2, 0) is 24.3 Å². The summed E-state index contributed by atoms with van der Waals surface area (Å²) in [6.45, 7) is 2.10. The average Bonchev–Trinajstić information content (AvgIpc) is 2.61. The van der Waals surface area contributed by atoms with E-state index in [1.165, 1.54) is 17.7 Å². The molecule has 3 atom stereocenters. The van der Waals surface area contributed by atoms with Crippen LogP contribution in [0.4, 0.5) is 0 Å². The summed E-state index contributed by atoms with van der Waals surface area (Å²) in [5, 5.41) is 7.91. The van der Waals surface area contributed by atoms with E-state index in [4.69, 9.17) is 0 Å². The Hall–Kier alpha value is -0.680. The molecule has 3 unspecified atom stereocenters. The Labute approximate surface area is 105 Å². The van der Waals surface area contributed by atoms with Crippen LogP contribution in [0.5, 0.6) is 0 Å². The number of aryl methyl sites for hydroxylation is 1. The number of nitrogens with one attached hydrogen (secondary N) is 1. The normalized spacial score (nSPS) is 23.1. The van der Waals surface area contributed by atoms with Gasteiger partial charge < -0.3 is 5.32 Å². The molecule has 1 aromatic rings. The lowest BCUT2D eigenvalue weighted by atomic mass is 9.92. The molecular formula is C12H21N3OS. The van der Waals surface area contributed by atoms with E-state index in [0.717, 1.165) is 12.8 Å². The van der Waals surface area contributed by atoms with Gasteiger partial charge in [0.15, 0.2) is 0 Å². The second-order valence-electron chi connectivity index (χ2n) is 4.92. The Morgan fingerprint density at radius 3 is 3.18 bits per heavy atom. The Balaban J connectivity index is 2.06. The summed E-state index contributed by atoms with van der Waals surface area (Å²) in [5.74, 6) is 0.714. The van der Waals surface area contributed by atoms with Gasteiger partial charge in [0.05, 0.1) is 6.20 Å². The van der Waals surface area contributed by atoms with Crippen molar-refractivity contribution in [1.29, 1.82) is 0 Å². The molecule has 2 rings (SSSR count). The third kappa shape index (κ3) is 2.96. The van der Waals surface area contributed by atoms with Gasteiger partial charge in [-0.1, -0.05) is 0 Å². The van der Waals surface area contributed by atoms with Crippen LogP contribution in [0.25, 0.3) is 0 Å². The fourth-order valence-corrected chi connectivity index (χ4v) is 3.42. The molecule has 1 aliphatic rings. The molecule has 0 saturated heterocycles. The molecule has 0 radical (unpaired) electrons. The van der Waals surface area contributed by atoms with Crippen molar-refractivity contribution < 1.29 is 4.21 Å². The van der Waals surface area contributed by atoms with E-state index in [2.05, 4.69) is 17.3 Å². The lowest BCUT2D eigenvalue weighted by Gasteiger charge is -2.26. The second-order valence-corrected chi connectivity index (χ2v) is 6.40. The minimum atomic E-state index is -0.736. The number of nitrogens with zero attached hydrogens (tertiary/aromatic N) is 2. The largest absolute Gasteiger partial charge is 0.306 e. The summed E-state index contributed by atoms with van der Waals surface area (Å²) in [6, 6.07) is 0.669. The van der Waals surface area contributed by atoms with Crippen LogP contribution in [0.1, 0.15) is 37.1 Å². The summed E-state index contributed by atoms with van der Waals surface area (Å²) in [7, 11) is 1.27. The van der Waals surface area contributed by atoms with E-state index < -0.39 is 10.8 Å². The number of fused-ring (bicyclic) bond motifs is 1. The summed E-state index contributed by atoms with van der Waals surface area (Å²) in [5.41, 5.74) is 2.67. The molecule has 17 heavy (non-hydrogen) atoms. The fourth-order valence-electron chi connectivity index (χ4n) is 2.62. The molecule has 1 aromatic heterocycles. The van der Waals surface area contributed by atoms with Gasteiger partial charge in [0.25, 0.3) is 0 Å². The van der Waals surface area contributed by atoms with Crippen LogP contribution in [0, 0.1) is 0 Å². The SMILES string of the molecule is CC(CS(C)=O)NC1CCCc2c1cnn2C. The van der Waals surface area contributed by atoms with E-state index in [9.17, 15) is 4.21 Å². The van der Waals surface area contributed by atoms with Crippen LogP contribution in [0.2, 0.25) is 0 Å². The molecule has 0 aliphatic heterocycles. The van der Waals surface area contributed by atoms with Gasteiger partial charge in [-0.2, -0.15) is 5.10 Å². The minimum absolute atomic E-state index is 0.289. The number of rotatable bonds is 4. The molecule has 0 bridgehead atoms. The highest BCUT2D eigenvalue weighted by Gasteiger charge is 2.24. The topological polar surface area (TPSA) is 46.9 Å². The van der Waals surface area contributed by atoms with Gasteiger partial charge in [-0.25, -0.2) is 0 Å². The molecule has 0 spiro atoms. The standard InChI is InChI=1S/C12H21N3OS/c1-9(8-17(3)16)14-11-5-4-6-12-10(11)7-13-15(12)2/h7,9,11,14H,4-6,8H2,1-3H3. The van der Waals surface area contributed by atoms with Gasteiger partial charge in [0.2, 0.25) is 0 Å². The second kappa shape index (κ2) is 5.31. The van der Waals surface area contributed by atoms with Crippen LogP contribution in [-0.4, -0.2) is 32.0 Å². The molecule has 96 valence electrons. The zero-order chi connectivity index (χ0) is 12.4. The molecule has 1 N–H and O–H groups in total. The van der Waals surface area contributed by atoms with Crippen molar-refractivity contribution in [2.45, 2.75) is 38.3 Å². The van der Waals surface area contributed by atoms with E-state index >= 15 is 0 Å². The van der Waals surface area contributed by atoms with Crippen molar-refractivity contribution in [2.75, 3.05) is 12.0 Å². The average molecular weight is 255 g/mol. The summed E-state index contributed by atoms with van der Waals surface area (Å²) >= 11 is 0. The van der Waals surface area contributed by atoms with Crippen molar-refractivity contribution in [3.05, 3.63) is 17.5 Å². The first-order chi connectivity index (χ1) is 8.08. The Bertz CT molecular complexity index is 416. The van der Waals surface area contributed by atoms with Crippen LogP contribution in [0.15, 0.2) is 6.20 Å². The van der Waals surface area contributed by atoms with E-state index in [0.29, 0.717) is 11.8 Å². The first-order valence-corrected chi connectivity index (χ1v) is 7.87. The van der Waals surface area contributed by atoms with Gasteiger partial charge in [0, 0.05) is 53.2 Å². The lowest BCUT2D eigenvalue weighted by molar-refractivity contribution is 0.420. The molecule has 0 amide bonds. The summed E-state index contributed by atoms with van der Waals surface area (Å²) in [4.78, 5) is 0. The third-order valence-electron chi connectivity index (χ3n) is 3.35. The first-order valence-electron chi connectivity index (χ1n) is 6.14. The van der Waals surface area contributed by atoms with Crippen molar-refractivity contribution in [2.24, 2.45) is 7.05 Å². The monoisotopic (exact) mass is 255 g/mol. The van der Waals surface area contributed by atoms with Crippen LogP contribution < -0.4 is 5.32 Å². The maximum absolute atomic E-state index is 11.2. The quantitative estimate of drug-likeness (QED) is 0.878. The van der Waals surface area contributed by atoms with Gasteiger partial charge in [0.1, 0.15) is 0 Å². The zero-order valence-corrected chi connectivity index (χ0v) is 11.6. The first kappa shape index (κ1) is 12.8. The number of hydrogen-bond donors (Lipinski definition) is 1. The zero-order valence-electron chi connectivity index (χ0n) is 10.8. The van der Waals surface area contributed by atoms with Gasteiger partial charge in [-0.3, -0.25) is 8.89 Å². The molecule has 0 aromatic carbocycles. The van der Waals surface area contributed by atoms with E-state index in [1.54, 1.807) is 6.26 Å².